The summed E-state index contributed by atoms with van der Waals surface area (Å²) in [5, 5.41) is 0.636. The fourth-order valence-corrected chi connectivity index (χ4v) is 3.10. The van der Waals surface area contributed by atoms with Crippen molar-refractivity contribution in [2.45, 2.75) is 12.3 Å². The summed E-state index contributed by atoms with van der Waals surface area (Å²) in [4.78, 5) is 27.3. The minimum absolute atomic E-state index is 0.0602. The van der Waals surface area contributed by atoms with Crippen LogP contribution in [0.3, 0.4) is 0 Å². The van der Waals surface area contributed by atoms with Gasteiger partial charge in [0.2, 0.25) is 0 Å². The highest BCUT2D eigenvalue weighted by molar-refractivity contribution is 5.91. The molecule has 0 bridgehead atoms. The van der Waals surface area contributed by atoms with Gasteiger partial charge in [-0.1, -0.05) is 30.3 Å². The highest BCUT2D eigenvalue weighted by Crippen LogP contribution is 2.40. The van der Waals surface area contributed by atoms with Crippen LogP contribution in [0.25, 0.3) is 10.9 Å². The van der Waals surface area contributed by atoms with E-state index in [4.69, 9.17) is 4.74 Å². The predicted molar refractivity (Wildman–Crippen MR) is 83.1 cm³/mol. The van der Waals surface area contributed by atoms with Crippen molar-refractivity contribution >= 4 is 16.9 Å². The number of halogens is 1. The molecule has 5 heteroatoms. The third-order valence-corrected chi connectivity index (χ3v) is 4.12. The molecular formula is C18H12FNO3. The minimum atomic E-state index is -0.652. The van der Waals surface area contributed by atoms with Crippen LogP contribution in [0.15, 0.2) is 53.3 Å². The fraction of sp³-hybridized carbons (Fsp3) is 0.111. The number of rotatable bonds is 1. The van der Waals surface area contributed by atoms with Gasteiger partial charge < -0.3 is 9.72 Å². The summed E-state index contributed by atoms with van der Waals surface area (Å²) in [5.41, 5.74) is 0.845. The Morgan fingerprint density at radius 3 is 2.61 bits per heavy atom. The molecule has 3 aromatic rings. The Hall–Kier alpha value is -2.95. The van der Waals surface area contributed by atoms with E-state index < -0.39 is 17.7 Å². The lowest BCUT2D eigenvalue weighted by atomic mass is 9.86. The van der Waals surface area contributed by atoms with Gasteiger partial charge in [-0.25, -0.2) is 4.39 Å². The molecule has 114 valence electrons. The molecule has 0 saturated heterocycles. The van der Waals surface area contributed by atoms with Crippen molar-refractivity contribution in [3.05, 3.63) is 75.8 Å². The van der Waals surface area contributed by atoms with Crippen LogP contribution in [0.5, 0.6) is 5.75 Å². The van der Waals surface area contributed by atoms with Crippen LogP contribution in [-0.2, 0) is 4.79 Å². The number of hydrogen-bond acceptors (Lipinski definition) is 3. The number of benzene rings is 2. The van der Waals surface area contributed by atoms with Gasteiger partial charge in [0.05, 0.1) is 17.5 Å². The number of aromatic amines is 1. The van der Waals surface area contributed by atoms with Crippen molar-refractivity contribution in [2.24, 2.45) is 0 Å². The van der Waals surface area contributed by atoms with E-state index in [2.05, 4.69) is 4.98 Å². The second-order valence-electron chi connectivity index (χ2n) is 5.49. The Labute approximate surface area is 130 Å². The number of para-hydroxylation sites is 1. The zero-order valence-corrected chi connectivity index (χ0v) is 12.0. The number of nitrogens with one attached hydrogen (secondary N) is 1. The first-order valence-electron chi connectivity index (χ1n) is 7.25. The lowest BCUT2D eigenvalue weighted by molar-refractivity contribution is -0.135. The Kier molecular flexibility index (Phi) is 3.01. The summed E-state index contributed by atoms with van der Waals surface area (Å²) in [6.07, 6.45) is -0.0602. The number of fused-ring (bicyclic) bond motifs is 3. The number of esters is 1. The predicted octanol–water partition coefficient (Wildman–Crippen LogP) is 3.11. The molecule has 0 unspecified atom stereocenters. The Morgan fingerprint density at radius 2 is 1.78 bits per heavy atom. The molecule has 0 fully saturated rings. The standard InChI is InChI=1S/C18H12FNO3/c19-13-7-3-1-5-10(13)12-9-15(21)23-17-11-6-2-4-8-14(11)20-18(22)16(12)17/h1-8,12H,9H2,(H,20,22)/t12-/m1/s1. The molecule has 0 amide bonds. The van der Waals surface area contributed by atoms with Gasteiger partial charge in [-0.2, -0.15) is 0 Å². The molecule has 4 nitrogen and oxygen atoms in total. The van der Waals surface area contributed by atoms with Crippen molar-refractivity contribution in [1.82, 2.24) is 4.98 Å². The van der Waals surface area contributed by atoms with Gasteiger partial charge >= 0.3 is 5.97 Å². The molecule has 0 spiro atoms. The summed E-state index contributed by atoms with van der Waals surface area (Å²) in [6.45, 7) is 0. The molecule has 0 radical (unpaired) electrons. The zero-order chi connectivity index (χ0) is 16.0. The van der Waals surface area contributed by atoms with E-state index >= 15 is 0 Å². The highest BCUT2D eigenvalue weighted by Gasteiger charge is 2.33. The molecule has 1 aliphatic rings. The lowest BCUT2D eigenvalue weighted by Gasteiger charge is -2.25. The van der Waals surface area contributed by atoms with Crippen molar-refractivity contribution in [3.63, 3.8) is 0 Å². The molecular weight excluding hydrogens is 297 g/mol. The van der Waals surface area contributed by atoms with E-state index in [0.29, 0.717) is 22.0 Å². The first-order chi connectivity index (χ1) is 11.1. The second kappa shape index (κ2) is 5.05. The molecule has 4 rings (SSSR count). The first-order valence-corrected chi connectivity index (χ1v) is 7.25. The average Bonchev–Trinajstić information content (AvgIpc) is 2.54. The van der Waals surface area contributed by atoms with Gasteiger partial charge in [0.15, 0.2) is 0 Å². The van der Waals surface area contributed by atoms with Crippen molar-refractivity contribution < 1.29 is 13.9 Å². The van der Waals surface area contributed by atoms with Crippen LogP contribution in [-0.4, -0.2) is 11.0 Å². The first kappa shape index (κ1) is 13.7. The molecule has 0 aliphatic carbocycles. The summed E-state index contributed by atoms with van der Waals surface area (Å²) < 4.78 is 19.5. The number of H-pyrrole nitrogens is 1. The number of carbonyl (C=O) groups excluding carboxylic acids is 1. The van der Waals surface area contributed by atoms with Gasteiger partial charge in [-0.15, -0.1) is 0 Å². The van der Waals surface area contributed by atoms with Gasteiger partial charge in [-0.3, -0.25) is 9.59 Å². The molecule has 2 aromatic carbocycles. The number of hydrogen-bond donors (Lipinski definition) is 1. The molecule has 23 heavy (non-hydrogen) atoms. The minimum Gasteiger partial charge on any atom is -0.425 e. The summed E-state index contributed by atoms with van der Waals surface area (Å²) in [6, 6.07) is 13.3. The van der Waals surface area contributed by atoms with Crippen LogP contribution >= 0.6 is 0 Å². The quantitative estimate of drug-likeness (QED) is 0.703. The Morgan fingerprint density at radius 1 is 1.04 bits per heavy atom. The van der Waals surface area contributed by atoms with Gasteiger partial charge in [0, 0.05) is 11.3 Å². The fourth-order valence-electron chi connectivity index (χ4n) is 3.10. The maximum Gasteiger partial charge on any atom is 0.312 e. The Bertz CT molecular complexity index is 993. The molecule has 1 atom stereocenters. The van der Waals surface area contributed by atoms with Gasteiger partial charge in [-0.05, 0) is 23.8 Å². The summed E-state index contributed by atoms with van der Waals surface area (Å²) in [7, 11) is 0. The van der Waals surface area contributed by atoms with Crippen LogP contribution in [0.2, 0.25) is 0 Å². The third kappa shape index (κ3) is 2.12. The van der Waals surface area contributed by atoms with Gasteiger partial charge in [0.25, 0.3) is 5.56 Å². The van der Waals surface area contributed by atoms with E-state index in [1.807, 2.05) is 0 Å². The average molecular weight is 309 g/mol. The van der Waals surface area contributed by atoms with Crippen LogP contribution in [0.1, 0.15) is 23.5 Å². The smallest absolute Gasteiger partial charge is 0.312 e. The summed E-state index contributed by atoms with van der Waals surface area (Å²) >= 11 is 0. The topological polar surface area (TPSA) is 59.2 Å². The van der Waals surface area contributed by atoms with E-state index in [-0.39, 0.29) is 17.7 Å². The van der Waals surface area contributed by atoms with Crippen LogP contribution < -0.4 is 10.3 Å². The SMILES string of the molecule is O=C1C[C@H](c2ccccc2F)c2c(c3ccccc3[nH]c2=O)O1. The maximum absolute atomic E-state index is 14.2. The number of ether oxygens (including phenoxy) is 1. The van der Waals surface area contributed by atoms with E-state index in [1.54, 1.807) is 42.5 Å². The molecule has 0 saturated carbocycles. The largest absolute Gasteiger partial charge is 0.425 e. The number of pyridine rings is 1. The van der Waals surface area contributed by atoms with Crippen molar-refractivity contribution in [2.75, 3.05) is 0 Å². The van der Waals surface area contributed by atoms with E-state index in [9.17, 15) is 14.0 Å². The van der Waals surface area contributed by atoms with E-state index in [1.165, 1.54) is 6.07 Å². The maximum atomic E-state index is 14.2. The molecule has 1 aromatic heterocycles. The summed E-state index contributed by atoms with van der Waals surface area (Å²) in [5.74, 6) is -1.33. The monoisotopic (exact) mass is 309 g/mol. The van der Waals surface area contributed by atoms with E-state index in [0.717, 1.165) is 0 Å². The van der Waals surface area contributed by atoms with Crippen molar-refractivity contribution in [1.29, 1.82) is 0 Å². The lowest BCUT2D eigenvalue weighted by Crippen LogP contribution is -2.28. The third-order valence-electron chi connectivity index (χ3n) is 4.12. The molecule has 1 N–H and O–H groups in total. The highest BCUT2D eigenvalue weighted by atomic mass is 19.1. The van der Waals surface area contributed by atoms with Gasteiger partial charge in [0.1, 0.15) is 11.6 Å². The number of carbonyl (C=O) groups is 1. The number of aromatic nitrogens is 1. The van der Waals surface area contributed by atoms with Crippen LogP contribution in [0.4, 0.5) is 4.39 Å². The molecule has 1 aliphatic heterocycles. The Balaban J connectivity index is 2.05. The van der Waals surface area contributed by atoms with Crippen LogP contribution in [0, 0.1) is 5.82 Å². The second-order valence-corrected chi connectivity index (χ2v) is 5.49. The van der Waals surface area contributed by atoms with Crippen molar-refractivity contribution in [3.8, 4) is 5.75 Å². The zero-order valence-electron chi connectivity index (χ0n) is 12.0. The normalized spacial score (nSPS) is 16.9. The molecule has 2 heterocycles.